The Morgan fingerprint density at radius 1 is 1.11 bits per heavy atom. The van der Waals surface area contributed by atoms with Gasteiger partial charge in [-0.25, -0.2) is 0 Å². The highest BCUT2D eigenvalue weighted by Gasteiger charge is 2.27. The molecule has 3 aromatic rings. The Kier molecular flexibility index (Phi) is 4.53. The number of hydrazine groups is 1. The number of nitrogens with one attached hydrogen (secondary N) is 2. The van der Waals surface area contributed by atoms with Crippen LogP contribution in [0.2, 0.25) is 0 Å². The molecule has 1 aliphatic rings. The predicted molar refractivity (Wildman–Crippen MR) is 100 cm³/mol. The van der Waals surface area contributed by atoms with E-state index in [4.69, 9.17) is 9.47 Å². The molecular formula is C18H13N3O6S. The first-order chi connectivity index (χ1) is 13.5. The second-order valence-electron chi connectivity index (χ2n) is 5.90. The minimum absolute atomic E-state index is 0.0191. The number of carbonyl (C=O) groups is 2. The van der Waals surface area contributed by atoms with E-state index in [1.807, 2.05) is 0 Å². The van der Waals surface area contributed by atoms with Crippen LogP contribution in [0.1, 0.15) is 9.67 Å². The van der Waals surface area contributed by atoms with Crippen molar-refractivity contribution in [3.63, 3.8) is 0 Å². The molecule has 0 unspecified atom stereocenters. The highest BCUT2D eigenvalue weighted by molar-refractivity contribution is 7.20. The number of para-hydroxylation sites is 2. The van der Waals surface area contributed by atoms with Crippen LogP contribution in [0.5, 0.6) is 11.5 Å². The summed E-state index contributed by atoms with van der Waals surface area (Å²) >= 11 is 1.16. The summed E-state index contributed by atoms with van der Waals surface area (Å²) < 4.78 is 11.8. The van der Waals surface area contributed by atoms with E-state index in [0.29, 0.717) is 21.8 Å². The van der Waals surface area contributed by atoms with E-state index in [1.54, 1.807) is 30.3 Å². The smallest absolute Gasteiger partial charge is 0.283 e. The molecule has 1 aliphatic heterocycles. The van der Waals surface area contributed by atoms with Crippen LogP contribution in [-0.4, -0.2) is 29.4 Å². The van der Waals surface area contributed by atoms with Crippen LogP contribution in [0.4, 0.5) is 5.69 Å². The van der Waals surface area contributed by atoms with Crippen LogP contribution in [0, 0.1) is 10.1 Å². The lowest BCUT2D eigenvalue weighted by Crippen LogP contribution is -2.50. The van der Waals surface area contributed by atoms with Gasteiger partial charge in [0.2, 0.25) is 6.10 Å². The molecule has 1 atom stereocenters. The summed E-state index contributed by atoms with van der Waals surface area (Å²) in [6, 6.07) is 12.9. The highest BCUT2D eigenvalue weighted by Crippen LogP contribution is 2.31. The number of nitrogens with zero attached hydrogens (tertiary/aromatic N) is 1. The normalized spacial score (nSPS) is 15.1. The standard InChI is InChI=1S/C18H13N3O6S/c22-17(14-9-26-12-3-1-2-4-13(12)27-14)19-20-18(23)16-8-10-7-11(21(24)25)5-6-15(10)28-16/h1-8,14H,9H2,(H,19,22)(H,20,23)/t14-/m1/s1. The topological polar surface area (TPSA) is 120 Å². The molecule has 28 heavy (non-hydrogen) atoms. The number of nitro groups is 1. The van der Waals surface area contributed by atoms with Crippen molar-refractivity contribution in [2.45, 2.75) is 6.10 Å². The van der Waals surface area contributed by atoms with Gasteiger partial charge >= 0.3 is 0 Å². The molecule has 2 aromatic carbocycles. The molecule has 0 saturated carbocycles. The maximum absolute atomic E-state index is 12.3. The number of hydrogen-bond donors (Lipinski definition) is 2. The van der Waals surface area contributed by atoms with Crippen LogP contribution in [0.25, 0.3) is 10.1 Å². The SMILES string of the molecule is O=C(NNC(=O)[C@H]1COc2ccccc2O1)c1cc2cc([N+](=O)[O-])ccc2s1. The Balaban J connectivity index is 1.39. The third-order valence-corrected chi connectivity index (χ3v) is 5.15. The third kappa shape index (κ3) is 3.45. The largest absolute Gasteiger partial charge is 0.485 e. The number of rotatable bonds is 3. The van der Waals surface area contributed by atoms with Crippen molar-refractivity contribution in [2.75, 3.05) is 6.61 Å². The molecule has 4 rings (SSSR count). The van der Waals surface area contributed by atoms with E-state index in [1.165, 1.54) is 18.2 Å². The van der Waals surface area contributed by atoms with Crippen molar-refractivity contribution >= 4 is 38.9 Å². The van der Waals surface area contributed by atoms with E-state index < -0.39 is 22.8 Å². The quantitative estimate of drug-likeness (QED) is 0.516. The number of ether oxygens (including phenoxy) is 2. The maximum atomic E-state index is 12.3. The molecule has 2 amide bonds. The zero-order valence-corrected chi connectivity index (χ0v) is 15.0. The Bertz CT molecular complexity index is 1100. The van der Waals surface area contributed by atoms with Gasteiger partial charge in [-0.1, -0.05) is 12.1 Å². The molecule has 0 saturated heterocycles. The van der Waals surface area contributed by atoms with Crippen molar-refractivity contribution in [2.24, 2.45) is 0 Å². The Morgan fingerprint density at radius 2 is 1.89 bits per heavy atom. The summed E-state index contributed by atoms with van der Waals surface area (Å²) in [5.41, 5.74) is 4.58. The first-order valence-corrected chi connectivity index (χ1v) is 8.99. The van der Waals surface area contributed by atoms with Gasteiger partial charge in [0, 0.05) is 22.2 Å². The molecule has 2 heterocycles. The van der Waals surface area contributed by atoms with E-state index >= 15 is 0 Å². The Labute approximate surface area is 162 Å². The second kappa shape index (κ2) is 7.16. The molecule has 0 radical (unpaired) electrons. The first kappa shape index (κ1) is 17.7. The van der Waals surface area contributed by atoms with E-state index in [2.05, 4.69) is 10.9 Å². The number of nitro benzene ring substituents is 1. The summed E-state index contributed by atoms with van der Waals surface area (Å²) in [5, 5.41) is 11.4. The van der Waals surface area contributed by atoms with Crippen molar-refractivity contribution in [1.82, 2.24) is 10.9 Å². The fraction of sp³-hybridized carbons (Fsp3) is 0.111. The summed E-state index contributed by atoms with van der Waals surface area (Å²) in [4.78, 5) is 35.2. The number of carbonyl (C=O) groups excluding carboxylic acids is 2. The van der Waals surface area contributed by atoms with Crippen molar-refractivity contribution in [1.29, 1.82) is 0 Å². The van der Waals surface area contributed by atoms with Crippen molar-refractivity contribution in [3.05, 3.63) is 63.5 Å². The lowest BCUT2D eigenvalue weighted by molar-refractivity contribution is -0.384. The van der Waals surface area contributed by atoms with E-state index in [-0.39, 0.29) is 12.3 Å². The Hall–Kier alpha value is -3.66. The van der Waals surface area contributed by atoms with Crippen LogP contribution >= 0.6 is 11.3 Å². The van der Waals surface area contributed by atoms with E-state index in [0.717, 1.165) is 16.0 Å². The van der Waals surface area contributed by atoms with Gasteiger partial charge in [0.15, 0.2) is 11.5 Å². The lowest BCUT2D eigenvalue weighted by Gasteiger charge is -2.25. The molecule has 0 fully saturated rings. The molecule has 1 aromatic heterocycles. The van der Waals surface area contributed by atoms with Crippen molar-refractivity contribution in [3.8, 4) is 11.5 Å². The molecule has 0 spiro atoms. The number of hydrogen-bond acceptors (Lipinski definition) is 7. The number of amides is 2. The summed E-state index contributed by atoms with van der Waals surface area (Å²) in [6.07, 6.45) is -0.903. The lowest BCUT2D eigenvalue weighted by atomic mass is 10.2. The zero-order chi connectivity index (χ0) is 19.7. The van der Waals surface area contributed by atoms with Crippen LogP contribution in [0.15, 0.2) is 48.5 Å². The van der Waals surface area contributed by atoms with Gasteiger partial charge < -0.3 is 9.47 Å². The first-order valence-electron chi connectivity index (χ1n) is 8.18. The van der Waals surface area contributed by atoms with Gasteiger partial charge in [-0.05, 0) is 24.3 Å². The molecule has 10 heteroatoms. The van der Waals surface area contributed by atoms with Crippen molar-refractivity contribution < 1.29 is 24.0 Å². The maximum Gasteiger partial charge on any atom is 0.283 e. The number of fused-ring (bicyclic) bond motifs is 2. The van der Waals surface area contributed by atoms with Gasteiger partial charge in [0.25, 0.3) is 17.5 Å². The number of thiophene rings is 1. The monoisotopic (exact) mass is 399 g/mol. The fourth-order valence-electron chi connectivity index (χ4n) is 2.67. The summed E-state index contributed by atoms with van der Waals surface area (Å²) in [5.74, 6) is -0.0878. The predicted octanol–water partition coefficient (Wildman–Crippen LogP) is 2.41. The second-order valence-corrected chi connectivity index (χ2v) is 6.98. The van der Waals surface area contributed by atoms with Crippen LogP contribution in [-0.2, 0) is 4.79 Å². The average molecular weight is 399 g/mol. The summed E-state index contributed by atoms with van der Waals surface area (Å²) in [7, 11) is 0. The molecule has 0 bridgehead atoms. The van der Waals surface area contributed by atoms with Crippen LogP contribution in [0.3, 0.4) is 0 Å². The third-order valence-electron chi connectivity index (χ3n) is 4.03. The van der Waals surface area contributed by atoms with Gasteiger partial charge in [0.05, 0.1) is 9.80 Å². The van der Waals surface area contributed by atoms with Gasteiger partial charge in [-0.15, -0.1) is 11.3 Å². The highest BCUT2D eigenvalue weighted by atomic mass is 32.1. The summed E-state index contributed by atoms with van der Waals surface area (Å²) in [6.45, 7) is 0.0191. The van der Waals surface area contributed by atoms with Gasteiger partial charge in [-0.3, -0.25) is 30.6 Å². The molecule has 2 N–H and O–H groups in total. The number of non-ortho nitro benzene ring substituents is 1. The number of benzene rings is 2. The van der Waals surface area contributed by atoms with Gasteiger partial charge in [-0.2, -0.15) is 0 Å². The van der Waals surface area contributed by atoms with E-state index in [9.17, 15) is 19.7 Å². The molecule has 0 aliphatic carbocycles. The molecule has 9 nitrogen and oxygen atoms in total. The molecule has 142 valence electrons. The minimum atomic E-state index is -0.903. The zero-order valence-electron chi connectivity index (χ0n) is 14.2. The average Bonchev–Trinajstić information content (AvgIpc) is 3.14. The Morgan fingerprint density at radius 3 is 2.68 bits per heavy atom. The minimum Gasteiger partial charge on any atom is -0.485 e. The molecular weight excluding hydrogens is 386 g/mol. The fourth-order valence-corrected chi connectivity index (χ4v) is 3.60. The van der Waals surface area contributed by atoms with Gasteiger partial charge in [0.1, 0.15) is 6.61 Å². The van der Waals surface area contributed by atoms with Crippen LogP contribution < -0.4 is 20.3 Å².